The Balaban J connectivity index is 1.99. The second-order valence-electron chi connectivity index (χ2n) is 5.31. The summed E-state index contributed by atoms with van der Waals surface area (Å²) in [6, 6.07) is 17.9. The van der Waals surface area contributed by atoms with Gasteiger partial charge in [0.1, 0.15) is 0 Å². The molecule has 2 aromatic heterocycles. The molecular weight excluding hydrogens is 338 g/mol. The zero-order valence-corrected chi connectivity index (χ0v) is 13.7. The minimum Gasteiger partial charge on any atom is -0.325 e. The molecule has 0 atom stereocenters. The van der Waals surface area contributed by atoms with Crippen LogP contribution in [0.2, 0.25) is 5.02 Å². The highest BCUT2D eigenvalue weighted by Gasteiger charge is 2.14. The van der Waals surface area contributed by atoms with Crippen molar-refractivity contribution >= 4 is 34.1 Å². The van der Waals surface area contributed by atoms with Crippen molar-refractivity contribution in [1.29, 1.82) is 0 Å². The molecule has 122 valence electrons. The van der Waals surface area contributed by atoms with Crippen LogP contribution in [-0.4, -0.2) is 19.7 Å². The van der Waals surface area contributed by atoms with Crippen LogP contribution in [0.25, 0.3) is 16.7 Å². The van der Waals surface area contributed by atoms with Crippen LogP contribution in [0.1, 0.15) is 0 Å². The summed E-state index contributed by atoms with van der Waals surface area (Å²) in [5, 5.41) is 12.0. The van der Waals surface area contributed by atoms with Gasteiger partial charge in [0.15, 0.2) is 5.82 Å². The molecule has 2 aromatic carbocycles. The fraction of sp³-hybridized carbons (Fsp3) is 0. The Bertz CT molecular complexity index is 1100. The summed E-state index contributed by atoms with van der Waals surface area (Å²) < 4.78 is 1.39. The summed E-state index contributed by atoms with van der Waals surface area (Å²) >= 11 is 6.04. The van der Waals surface area contributed by atoms with E-state index in [2.05, 4.69) is 20.5 Å². The number of nitrogens with zero attached hydrogens (tertiary/aromatic N) is 4. The van der Waals surface area contributed by atoms with E-state index in [4.69, 9.17) is 11.6 Å². The van der Waals surface area contributed by atoms with Gasteiger partial charge in [-0.1, -0.05) is 29.8 Å². The van der Waals surface area contributed by atoms with Crippen LogP contribution in [0.15, 0.2) is 71.7 Å². The quantitative estimate of drug-likeness (QED) is 0.612. The third-order valence-corrected chi connectivity index (χ3v) is 3.88. The Morgan fingerprint density at radius 3 is 2.60 bits per heavy atom. The number of anilines is 2. The van der Waals surface area contributed by atoms with E-state index >= 15 is 0 Å². The van der Waals surface area contributed by atoms with Gasteiger partial charge in [-0.3, -0.25) is 4.79 Å². The van der Waals surface area contributed by atoms with Gasteiger partial charge in [0.05, 0.1) is 10.9 Å². The summed E-state index contributed by atoms with van der Waals surface area (Å²) in [6.07, 6.45) is 1.55. The van der Waals surface area contributed by atoms with Crippen LogP contribution in [0, 0.1) is 0 Å². The predicted octanol–water partition coefficient (Wildman–Crippen LogP) is 3.57. The maximum atomic E-state index is 13.0. The van der Waals surface area contributed by atoms with Crippen molar-refractivity contribution in [2.45, 2.75) is 0 Å². The van der Waals surface area contributed by atoms with Crippen LogP contribution in [0.3, 0.4) is 0 Å². The summed E-state index contributed by atoms with van der Waals surface area (Å²) in [7, 11) is 0. The van der Waals surface area contributed by atoms with Crippen LogP contribution in [0.4, 0.5) is 11.6 Å². The first-order valence-electron chi connectivity index (χ1n) is 7.55. The standard InChI is InChI=1S/C18H12ClN5O/c19-12-8-9-15-14(11-12)17(25)24(16-7-4-10-20-23-16)18(22-15)21-13-5-2-1-3-6-13/h1-11H,(H,21,22). The second kappa shape index (κ2) is 6.33. The molecule has 4 rings (SSSR count). The van der Waals surface area contributed by atoms with Crippen molar-refractivity contribution in [2.24, 2.45) is 0 Å². The van der Waals surface area contributed by atoms with E-state index in [0.717, 1.165) is 5.69 Å². The first-order chi connectivity index (χ1) is 12.2. The predicted molar refractivity (Wildman–Crippen MR) is 97.7 cm³/mol. The maximum absolute atomic E-state index is 13.0. The number of halogens is 1. The van der Waals surface area contributed by atoms with E-state index in [-0.39, 0.29) is 5.56 Å². The largest absolute Gasteiger partial charge is 0.325 e. The van der Waals surface area contributed by atoms with Gasteiger partial charge in [-0.25, -0.2) is 9.55 Å². The summed E-state index contributed by atoms with van der Waals surface area (Å²) in [5.41, 5.74) is 1.08. The van der Waals surface area contributed by atoms with Crippen LogP contribution < -0.4 is 10.9 Å². The van der Waals surface area contributed by atoms with Crippen molar-refractivity contribution in [1.82, 2.24) is 19.7 Å². The highest BCUT2D eigenvalue weighted by atomic mass is 35.5. The molecule has 0 radical (unpaired) electrons. The summed E-state index contributed by atoms with van der Waals surface area (Å²) in [4.78, 5) is 17.6. The highest BCUT2D eigenvalue weighted by Crippen LogP contribution is 2.21. The molecule has 0 bridgehead atoms. The Morgan fingerprint density at radius 1 is 1.00 bits per heavy atom. The minimum absolute atomic E-state index is 0.272. The normalized spacial score (nSPS) is 10.8. The summed E-state index contributed by atoms with van der Waals surface area (Å²) in [5.74, 6) is 0.729. The van der Waals surface area contributed by atoms with Gasteiger partial charge in [-0.2, -0.15) is 5.10 Å². The average molecular weight is 350 g/mol. The monoisotopic (exact) mass is 349 g/mol. The number of aromatic nitrogens is 4. The van der Waals surface area contributed by atoms with Crippen LogP contribution in [-0.2, 0) is 0 Å². The lowest BCUT2D eigenvalue weighted by Crippen LogP contribution is -2.23. The zero-order chi connectivity index (χ0) is 17.2. The number of fused-ring (bicyclic) bond motifs is 1. The van der Waals surface area contributed by atoms with Crippen molar-refractivity contribution in [3.8, 4) is 5.82 Å². The number of hydrogen-bond donors (Lipinski definition) is 1. The zero-order valence-electron chi connectivity index (χ0n) is 12.9. The first-order valence-corrected chi connectivity index (χ1v) is 7.92. The van der Waals surface area contributed by atoms with Crippen molar-refractivity contribution in [3.05, 3.63) is 82.2 Å². The fourth-order valence-electron chi connectivity index (χ4n) is 2.52. The molecule has 6 nitrogen and oxygen atoms in total. The van der Waals surface area contributed by atoms with E-state index in [1.165, 1.54) is 4.57 Å². The molecule has 1 N–H and O–H groups in total. The van der Waals surface area contributed by atoms with E-state index < -0.39 is 0 Å². The SMILES string of the molecule is O=c1c2cc(Cl)ccc2nc(Nc2ccccc2)n1-c1cccnn1. The van der Waals surface area contributed by atoms with Crippen LogP contribution >= 0.6 is 11.6 Å². The Hall–Kier alpha value is -3.25. The molecule has 25 heavy (non-hydrogen) atoms. The Morgan fingerprint density at radius 2 is 1.84 bits per heavy atom. The Kier molecular flexibility index (Phi) is 3.87. The molecule has 0 amide bonds. The number of benzene rings is 2. The van der Waals surface area contributed by atoms with Crippen molar-refractivity contribution in [2.75, 3.05) is 5.32 Å². The Labute approximate surface area is 147 Å². The first kappa shape index (κ1) is 15.3. The lowest BCUT2D eigenvalue weighted by molar-refractivity contribution is 0.878. The molecule has 0 saturated carbocycles. The molecule has 4 aromatic rings. The van der Waals surface area contributed by atoms with Crippen LogP contribution in [0.5, 0.6) is 0 Å². The molecule has 0 fully saturated rings. The van der Waals surface area contributed by atoms with E-state index in [9.17, 15) is 4.79 Å². The lowest BCUT2D eigenvalue weighted by Gasteiger charge is -2.14. The second-order valence-corrected chi connectivity index (χ2v) is 5.75. The lowest BCUT2D eigenvalue weighted by atomic mass is 10.2. The summed E-state index contributed by atoms with van der Waals surface area (Å²) in [6.45, 7) is 0. The number of rotatable bonds is 3. The minimum atomic E-state index is -0.272. The van der Waals surface area contributed by atoms with Gasteiger partial charge in [-0.05, 0) is 42.5 Å². The van der Waals surface area contributed by atoms with Crippen molar-refractivity contribution in [3.63, 3.8) is 0 Å². The maximum Gasteiger partial charge on any atom is 0.268 e. The molecular formula is C18H12ClN5O. The van der Waals surface area contributed by atoms with Crippen molar-refractivity contribution < 1.29 is 0 Å². The third-order valence-electron chi connectivity index (χ3n) is 3.65. The van der Waals surface area contributed by atoms with Gasteiger partial charge in [0.2, 0.25) is 5.95 Å². The van der Waals surface area contributed by atoms with E-state index in [1.54, 1.807) is 36.5 Å². The number of para-hydroxylation sites is 1. The average Bonchev–Trinajstić information content (AvgIpc) is 2.64. The molecule has 0 unspecified atom stereocenters. The van der Waals surface area contributed by atoms with Gasteiger partial charge in [0.25, 0.3) is 5.56 Å². The number of nitrogens with one attached hydrogen (secondary N) is 1. The van der Waals surface area contributed by atoms with Gasteiger partial charge < -0.3 is 5.32 Å². The third kappa shape index (κ3) is 2.95. The fourth-order valence-corrected chi connectivity index (χ4v) is 2.69. The van der Waals surface area contributed by atoms with Gasteiger partial charge >= 0.3 is 0 Å². The van der Waals surface area contributed by atoms with Gasteiger partial charge in [0, 0.05) is 16.9 Å². The molecule has 0 aliphatic rings. The molecule has 0 aliphatic heterocycles. The topological polar surface area (TPSA) is 72.7 Å². The highest BCUT2D eigenvalue weighted by molar-refractivity contribution is 6.31. The molecule has 2 heterocycles. The molecule has 7 heteroatoms. The molecule has 0 spiro atoms. The van der Waals surface area contributed by atoms with E-state index in [0.29, 0.717) is 27.7 Å². The number of hydrogen-bond acceptors (Lipinski definition) is 5. The van der Waals surface area contributed by atoms with E-state index in [1.807, 2.05) is 30.3 Å². The molecule has 0 saturated heterocycles. The smallest absolute Gasteiger partial charge is 0.268 e. The molecule has 0 aliphatic carbocycles. The van der Waals surface area contributed by atoms with Gasteiger partial charge in [-0.15, -0.1) is 5.10 Å².